The van der Waals surface area contributed by atoms with E-state index in [2.05, 4.69) is 19.6 Å². The Hall–Kier alpha value is -1.81. The number of hydrogen-bond donors (Lipinski definition) is 2. The molecule has 1 aromatic carbocycles. The molecule has 2 heterocycles. The number of rotatable bonds is 7. The van der Waals surface area contributed by atoms with Crippen LogP contribution in [0.1, 0.15) is 36.2 Å². The third-order valence-corrected chi connectivity index (χ3v) is 4.47. The molecule has 1 aromatic heterocycles. The van der Waals surface area contributed by atoms with Gasteiger partial charge in [0.15, 0.2) is 5.82 Å². The first kappa shape index (κ1) is 16.1. The molecule has 3 rings (SSSR count). The van der Waals surface area contributed by atoms with Crippen molar-refractivity contribution in [2.75, 3.05) is 6.61 Å². The summed E-state index contributed by atoms with van der Waals surface area (Å²) < 4.78 is 39.2. The van der Waals surface area contributed by atoms with Crippen LogP contribution in [-0.2, 0) is 28.0 Å². The van der Waals surface area contributed by atoms with E-state index in [0.717, 1.165) is 18.4 Å². The maximum Gasteiger partial charge on any atom is 0.277 e. The number of nitrogens with zero attached hydrogens (tertiary/aromatic N) is 2. The van der Waals surface area contributed by atoms with Crippen LogP contribution < -0.4 is 9.44 Å². The Morgan fingerprint density at radius 2 is 1.96 bits per heavy atom. The smallest absolute Gasteiger partial charge is 0.277 e. The molecule has 0 radical (unpaired) electrons. The average molecular weight is 338 g/mol. The highest BCUT2D eigenvalue weighted by molar-refractivity contribution is 7.87. The topological polar surface area (TPSA) is 106 Å². The minimum Gasteiger partial charge on any atom is -0.368 e. The van der Waals surface area contributed by atoms with Crippen LogP contribution >= 0.6 is 0 Å². The lowest BCUT2D eigenvalue weighted by Gasteiger charge is -2.06. The Bertz CT molecular complexity index is 726. The molecule has 1 fully saturated rings. The summed E-state index contributed by atoms with van der Waals surface area (Å²) in [6.45, 7) is 0.850. The van der Waals surface area contributed by atoms with Crippen molar-refractivity contribution in [1.82, 2.24) is 19.6 Å². The Morgan fingerprint density at radius 3 is 2.70 bits per heavy atom. The first-order valence-corrected chi connectivity index (χ1v) is 8.83. The second-order valence-corrected chi connectivity index (χ2v) is 6.77. The summed E-state index contributed by atoms with van der Waals surface area (Å²) in [5.74, 6) is 0.675. The zero-order valence-corrected chi connectivity index (χ0v) is 13.3. The SMILES string of the molecule is O=S(=O)(NCc1ccccc1)NCc1noc(C2CCCO2)n1. The highest BCUT2D eigenvalue weighted by atomic mass is 32.2. The summed E-state index contributed by atoms with van der Waals surface area (Å²) in [6, 6.07) is 9.26. The predicted octanol–water partition coefficient (Wildman–Crippen LogP) is 1.05. The fourth-order valence-corrected chi connectivity index (χ4v) is 3.01. The lowest BCUT2D eigenvalue weighted by molar-refractivity contribution is 0.0835. The number of aromatic nitrogens is 2. The summed E-state index contributed by atoms with van der Waals surface area (Å²) in [4.78, 5) is 4.16. The maximum atomic E-state index is 11.9. The van der Waals surface area contributed by atoms with Crippen molar-refractivity contribution in [1.29, 1.82) is 0 Å². The molecule has 0 bridgehead atoms. The third-order valence-electron chi connectivity index (χ3n) is 3.42. The van der Waals surface area contributed by atoms with Gasteiger partial charge < -0.3 is 9.26 Å². The minimum atomic E-state index is -3.64. The molecule has 23 heavy (non-hydrogen) atoms. The van der Waals surface area contributed by atoms with Crippen molar-refractivity contribution in [3.8, 4) is 0 Å². The molecule has 0 spiro atoms. The van der Waals surface area contributed by atoms with Gasteiger partial charge in [-0.15, -0.1) is 0 Å². The molecule has 1 aliphatic heterocycles. The molecule has 124 valence electrons. The van der Waals surface area contributed by atoms with Crippen LogP contribution in [0.2, 0.25) is 0 Å². The van der Waals surface area contributed by atoms with Gasteiger partial charge in [-0.1, -0.05) is 35.5 Å². The number of benzene rings is 1. The molecule has 8 nitrogen and oxygen atoms in total. The quantitative estimate of drug-likeness (QED) is 0.781. The summed E-state index contributed by atoms with van der Waals surface area (Å²) in [6.07, 6.45) is 1.62. The van der Waals surface area contributed by atoms with Gasteiger partial charge >= 0.3 is 0 Å². The van der Waals surface area contributed by atoms with Gasteiger partial charge in [-0.3, -0.25) is 0 Å². The van der Waals surface area contributed by atoms with Gasteiger partial charge in [0.25, 0.3) is 16.1 Å². The van der Waals surface area contributed by atoms with E-state index in [9.17, 15) is 8.42 Å². The summed E-state index contributed by atoms with van der Waals surface area (Å²) in [7, 11) is -3.64. The second kappa shape index (κ2) is 7.18. The largest absolute Gasteiger partial charge is 0.368 e. The fraction of sp³-hybridized carbons (Fsp3) is 0.429. The van der Waals surface area contributed by atoms with Crippen molar-refractivity contribution in [2.24, 2.45) is 0 Å². The van der Waals surface area contributed by atoms with Crippen LogP contribution in [0.5, 0.6) is 0 Å². The number of ether oxygens (including phenoxy) is 1. The first-order chi connectivity index (χ1) is 11.1. The van der Waals surface area contributed by atoms with E-state index < -0.39 is 10.2 Å². The Morgan fingerprint density at radius 1 is 1.17 bits per heavy atom. The van der Waals surface area contributed by atoms with E-state index in [1.807, 2.05) is 30.3 Å². The second-order valence-electron chi connectivity index (χ2n) is 5.18. The molecular weight excluding hydrogens is 320 g/mol. The van der Waals surface area contributed by atoms with Gasteiger partial charge in [0.1, 0.15) is 6.10 Å². The molecule has 0 aliphatic carbocycles. The monoisotopic (exact) mass is 338 g/mol. The van der Waals surface area contributed by atoms with Gasteiger partial charge in [0.05, 0.1) is 6.54 Å². The number of nitrogens with one attached hydrogen (secondary N) is 2. The average Bonchev–Trinajstić information content (AvgIpc) is 3.23. The van der Waals surface area contributed by atoms with E-state index in [1.165, 1.54) is 0 Å². The molecule has 9 heteroatoms. The van der Waals surface area contributed by atoms with Gasteiger partial charge in [0.2, 0.25) is 0 Å². The van der Waals surface area contributed by atoms with Crippen LogP contribution in [0.3, 0.4) is 0 Å². The van der Waals surface area contributed by atoms with E-state index in [1.54, 1.807) is 0 Å². The van der Waals surface area contributed by atoms with Crippen LogP contribution in [-0.4, -0.2) is 25.2 Å². The van der Waals surface area contributed by atoms with Gasteiger partial charge in [0, 0.05) is 13.2 Å². The van der Waals surface area contributed by atoms with E-state index >= 15 is 0 Å². The van der Waals surface area contributed by atoms with Crippen molar-refractivity contribution >= 4 is 10.2 Å². The van der Waals surface area contributed by atoms with Crippen molar-refractivity contribution in [3.05, 3.63) is 47.6 Å². The van der Waals surface area contributed by atoms with Crippen molar-refractivity contribution in [2.45, 2.75) is 32.0 Å². The van der Waals surface area contributed by atoms with Crippen LogP contribution in [0, 0.1) is 0 Å². The Balaban J connectivity index is 1.50. The molecule has 1 atom stereocenters. The van der Waals surface area contributed by atoms with Gasteiger partial charge in [-0.05, 0) is 18.4 Å². The normalized spacial score (nSPS) is 18.3. The highest BCUT2D eigenvalue weighted by Gasteiger charge is 2.24. The number of hydrogen-bond acceptors (Lipinski definition) is 6. The fourth-order valence-electron chi connectivity index (χ4n) is 2.23. The lowest BCUT2D eigenvalue weighted by atomic mass is 10.2. The van der Waals surface area contributed by atoms with Crippen molar-refractivity contribution in [3.63, 3.8) is 0 Å². The van der Waals surface area contributed by atoms with Gasteiger partial charge in [-0.25, -0.2) is 0 Å². The Labute approximate surface area is 134 Å². The molecule has 1 aliphatic rings. The summed E-state index contributed by atoms with van der Waals surface area (Å²) in [5, 5.41) is 3.76. The lowest BCUT2D eigenvalue weighted by Crippen LogP contribution is -2.35. The zero-order valence-electron chi connectivity index (χ0n) is 12.4. The minimum absolute atomic E-state index is 0.0413. The maximum absolute atomic E-state index is 11.9. The molecular formula is C14H18N4O4S. The molecule has 1 saturated heterocycles. The van der Waals surface area contributed by atoms with E-state index in [4.69, 9.17) is 9.26 Å². The molecule has 0 saturated carbocycles. The van der Waals surface area contributed by atoms with Crippen LogP contribution in [0.15, 0.2) is 34.9 Å². The van der Waals surface area contributed by atoms with Gasteiger partial charge in [-0.2, -0.15) is 22.8 Å². The first-order valence-electron chi connectivity index (χ1n) is 7.35. The van der Waals surface area contributed by atoms with Crippen LogP contribution in [0.25, 0.3) is 0 Å². The molecule has 2 aromatic rings. The van der Waals surface area contributed by atoms with E-state index in [-0.39, 0.29) is 25.0 Å². The van der Waals surface area contributed by atoms with E-state index in [0.29, 0.717) is 12.5 Å². The predicted molar refractivity (Wildman–Crippen MR) is 81.3 cm³/mol. The third kappa shape index (κ3) is 4.58. The summed E-state index contributed by atoms with van der Waals surface area (Å²) in [5.41, 5.74) is 0.873. The zero-order chi connectivity index (χ0) is 16.1. The Kier molecular flexibility index (Phi) is 5.01. The highest BCUT2D eigenvalue weighted by Crippen LogP contribution is 2.26. The molecule has 0 amide bonds. The van der Waals surface area contributed by atoms with Crippen LogP contribution in [0.4, 0.5) is 0 Å². The molecule has 1 unspecified atom stereocenters. The summed E-state index contributed by atoms with van der Waals surface area (Å²) >= 11 is 0. The van der Waals surface area contributed by atoms with Crippen molar-refractivity contribution < 1.29 is 17.7 Å². The standard InChI is InChI=1S/C14H18N4O4S/c19-23(20,15-9-11-5-2-1-3-6-11)16-10-13-17-14(22-18-13)12-7-4-8-21-12/h1-3,5-6,12,15-16H,4,7-10H2. The molecule has 2 N–H and O–H groups in total.